The zero-order chi connectivity index (χ0) is 18.0. The van der Waals surface area contributed by atoms with Crippen molar-refractivity contribution < 1.29 is 28.8 Å². The molecule has 0 saturated heterocycles. The fourth-order valence-electron chi connectivity index (χ4n) is 2.55. The van der Waals surface area contributed by atoms with Crippen molar-refractivity contribution in [3.8, 4) is 5.75 Å². The molecule has 1 aliphatic rings. The van der Waals surface area contributed by atoms with Gasteiger partial charge in [0.25, 0.3) is 0 Å². The first-order valence-electron chi connectivity index (χ1n) is 7.48. The number of rotatable bonds is 5. The van der Waals surface area contributed by atoms with E-state index in [0.717, 1.165) is 0 Å². The predicted octanol–water partition coefficient (Wildman–Crippen LogP) is -1.09. The summed E-state index contributed by atoms with van der Waals surface area (Å²) in [6, 6.07) is 4.64. The summed E-state index contributed by atoms with van der Waals surface area (Å²) in [5, 5.41) is 29.2. The van der Waals surface area contributed by atoms with Crippen molar-refractivity contribution in [2.24, 2.45) is 5.73 Å². The lowest BCUT2D eigenvalue weighted by Gasteiger charge is -2.28. The topological polar surface area (TPSA) is 161 Å². The molecule has 10 nitrogen and oxygen atoms in total. The molecule has 0 radical (unpaired) electrons. The van der Waals surface area contributed by atoms with E-state index < -0.39 is 24.9 Å². The number of para-hydroxylation sites is 1. The third-order valence-corrected chi connectivity index (χ3v) is 3.69. The Hall–Kier alpha value is -2.92. The number of nitrogens with two attached hydrogens (primary N) is 1. The lowest BCUT2D eigenvalue weighted by molar-refractivity contribution is -0.121. The first-order valence-corrected chi connectivity index (χ1v) is 7.48. The molecule has 1 unspecified atom stereocenters. The van der Waals surface area contributed by atoms with Crippen LogP contribution in [0.1, 0.15) is 27.7 Å². The van der Waals surface area contributed by atoms with Gasteiger partial charge < -0.3 is 30.3 Å². The van der Waals surface area contributed by atoms with Gasteiger partial charge >= 0.3 is 13.1 Å². The molecule has 3 rings (SSSR count). The summed E-state index contributed by atoms with van der Waals surface area (Å²) in [5.41, 5.74) is 5.89. The summed E-state index contributed by atoms with van der Waals surface area (Å²) < 4.78 is 10.5. The number of carbonyl (C=O) groups is 2. The molecule has 1 aromatic heterocycles. The zero-order valence-electron chi connectivity index (χ0n) is 13.0. The molecule has 11 heteroatoms. The van der Waals surface area contributed by atoms with E-state index in [4.69, 9.17) is 19.9 Å². The van der Waals surface area contributed by atoms with Gasteiger partial charge in [-0.25, -0.2) is 4.79 Å². The van der Waals surface area contributed by atoms with Gasteiger partial charge in [0.05, 0.1) is 18.0 Å². The Bertz CT molecular complexity index is 810. The average Bonchev–Trinajstić information content (AvgIpc) is 3.02. The summed E-state index contributed by atoms with van der Waals surface area (Å²) in [6.07, 6.45) is 0.0550. The summed E-state index contributed by atoms with van der Waals surface area (Å²) >= 11 is 0. The SMILES string of the molecule is NCc1nnc(CC(=O)NC2Cc3cccc(C(=O)O)c3OB2O)o1. The van der Waals surface area contributed by atoms with E-state index >= 15 is 0 Å². The van der Waals surface area contributed by atoms with E-state index in [-0.39, 0.29) is 42.5 Å². The van der Waals surface area contributed by atoms with Crippen molar-refractivity contribution in [1.82, 2.24) is 15.5 Å². The number of carboxylic acid groups (broad SMARTS) is 1. The van der Waals surface area contributed by atoms with Crippen LogP contribution in [0.3, 0.4) is 0 Å². The Morgan fingerprint density at radius 3 is 2.80 bits per heavy atom. The number of aromatic carboxylic acids is 1. The monoisotopic (exact) mass is 346 g/mol. The molecular weight excluding hydrogens is 331 g/mol. The number of carbonyl (C=O) groups excluding carboxylic acids is 1. The number of hydrogen-bond acceptors (Lipinski definition) is 8. The second-order valence-corrected chi connectivity index (χ2v) is 5.46. The molecule has 25 heavy (non-hydrogen) atoms. The minimum atomic E-state index is -1.38. The van der Waals surface area contributed by atoms with E-state index in [0.29, 0.717) is 5.56 Å². The maximum Gasteiger partial charge on any atom is 0.547 e. The normalized spacial score (nSPS) is 16.1. The van der Waals surface area contributed by atoms with Crippen LogP contribution in [0.15, 0.2) is 22.6 Å². The van der Waals surface area contributed by atoms with Gasteiger partial charge in [0.1, 0.15) is 12.2 Å². The molecule has 2 aromatic rings. The van der Waals surface area contributed by atoms with E-state index in [1.54, 1.807) is 12.1 Å². The third kappa shape index (κ3) is 3.62. The molecule has 130 valence electrons. The Morgan fingerprint density at radius 2 is 2.12 bits per heavy atom. The zero-order valence-corrected chi connectivity index (χ0v) is 13.0. The van der Waals surface area contributed by atoms with E-state index in [2.05, 4.69) is 15.5 Å². The number of hydrogen-bond donors (Lipinski definition) is 4. The molecule has 1 amide bonds. The lowest BCUT2D eigenvalue weighted by atomic mass is 9.72. The Labute approximate surface area is 142 Å². The minimum Gasteiger partial charge on any atom is -0.534 e. The number of aromatic nitrogens is 2. The maximum atomic E-state index is 12.1. The van der Waals surface area contributed by atoms with Crippen molar-refractivity contribution in [1.29, 1.82) is 0 Å². The van der Waals surface area contributed by atoms with Gasteiger partial charge in [-0.1, -0.05) is 12.1 Å². The van der Waals surface area contributed by atoms with Crippen LogP contribution < -0.4 is 15.7 Å². The Kier molecular flexibility index (Phi) is 4.68. The highest BCUT2D eigenvalue weighted by molar-refractivity contribution is 6.47. The van der Waals surface area contributed by atoms with Crippen molar-refractivity contribution in [2.75, 3.05) is 0 Å². The fraction of sp³-hybridized carbons (Fsp3) is 0.286. The van der Waals surface area contributed by atoms with Gasteiger partial charge in [-0.3, -0.25) is 4.79 Å². The Balaban J connectivity index is 1.68. The summed E-state index contributed by atoms with van der Waals surface area (Å²) in [6.45, 7) is 0.0759. The van der Waals surface area contributed by atoms with Gasteiger partial charge in [-0.2, -0.15) is 0 Å². The van der Waals surface area contributed by atoms with Gasteiger partial charge in [0, 0.05) is 0 Å². The fourth-order valence-corrected chi connectivity index (χ4v) is 2.55. The second kappa shape index (κ2) is 6.91. The van der Waals surface area contributed by atoms with Crippen molar-refractivity contribution >= 4 is 19.0 Å². The first-order chi connectivity index (χ1) is 12.0. The largest absolute Gasteiger partial charge is 0.547 e. The molecule has 1 aromatic carbocycles. The van der Waals surface area contributed by atoms with Crippen molar-refractivity contribution in [2.45, 2.75) is 25.3 Å². The number of carboxylic acids is 1. The van der Waals surface area contributed by atoms with Crippen LogP contribution in [-0.2, 0) is 24.2 Å². The van der Waals surface area contributed by atoms with Crippen LogP contribution in [0.5, 0.6) is 5.75 Å². The van der Waals surface area contributed by atoms with Crippen molar-refractivity contribution in [3.63, 3.8) is 0 Å². The van der Waals surface area contributed by atoms with Crippen LogP contribution in [0.2, 0.25) is 0 Å². The van der Waals surface area contributed by atoms with Crippen LogP contribution in [0.4, 0.5) is 0 Å². The number of amides is 1. The van der Waals surface area contributed by atoms with E-state index in [1.165, 1.54) is 6.07 Å². The van der Waals surface area contributed by atoms with Gasteiger partial charge in [0.2, 0.25) is 17.7 Å². The van der Waals surface area contributed by atoms with Gasteiger partial charge in [-0.15, -0.1) is 10.2 Å². The average molecular weight is 346 g/mol. The van der Waals surface area contributed by atoms with Crippen LogP contribution in [0.25, 0.3) is 0 Å². The van der Waals surface area contributed by atoms with Gasteiger partial charge in [0.15, 0.2) is 0 Å². The standard InChI is InChI=1S/C14H15BN4O6/c16-6-12-19-18-11(24-12)5-10(20)17-9-4-7-2-1-3-8(14(21)22)13(7)25-15(9)23/h1-3,9,23H,4-6,16H2,(H,17,20)(H,21,22). The smallest absolute Gasteiger partial charge is 0.534 e. The van der Waals surface area contributed by atoms with Gasteiger partial charge in [-0.05, 0) is 18.1 Å². The minimum absolute atomic E-state index is 0.0403. The number of nitrogens with one attached hydrogen (secondary N) is 1. The van der Waals surface area contributed by atoms with E-state index in [1.807, 2.05) is 0 Å². The molecule has 0 fully saturated rings. The summed E-state index contributed by atoms with van der Waals surface area (Å²) in [4.78, 5) is 23.3. The molecule has 0 aliphatic carbocycles. The number of nitrogens with zero attached hydrogens (tertiary/aromatic N) is 2. The highest BCUT2D eigenvalue weighted by atomic mass is 16.5. The number of fused-ring (bicyclic) bond motifs is 1. The maximum absolute atomic E-state index is 12.1. The third-order valence-electron chi connectivity index (χ3n) is 3.69. The predicted molar refractivity (Wildman–Crippen MR) is 83.5 cm³/mol. The van der Waals surface area contributed by atoms with Crippen LogP contribution in [0, 0.1) is 0 Å². The number of benzene rings is 1. The van der Waals surface area contributed by atoms with Crippen LogP contribution >= 0.6 is 0 Å². The summed E-state index contributed by atoms with van der Waals surface area (Å²) in [7, 11) is -1.38. The molecular formula is C14H15BN4O6. The molecule has 0 spiro atoms. The van der Waals surface area contributed by atoms with Crippen LogP contribution in [-0.4, -0.2) is 45.3 Å². The molecule has 5 N–H and O–H groups in total. The molecule has 1 aliphatic heterocycles. The second-order valence-electron chi connectivity index (χ2n) is 5.46. The first kappa shape index (κ1) is 16.9. The molecule has 0 saturated carbocycles. The quantitative estimate of drug-likeness (QED) is 0.493. The molecule has 2 heterocycles. The highest BCUT2D eigenvalue weighted by Crippen LogP contribution is 2.30. The molecule has 1 atom stereocenters. The lowest BCUT2D eigenvalue weighted by Crippen LogP contribution is -2.53. The van der Waals surface area contributed by atoms with Crippen molar-refractivity contribution in [3.05, 3.63) is 41.1 Å². The Morgan fingerprint density at radius 1 is 1.36 bits per heavy atom. The summed E-state index contributed by atoms with van der Waals surface area (Å²) in [5.74, 6) is -1.90. The van der Waals surface area contributed by atoms with E-state index in [9.17, 15) is 14.6 Å². The highest BCUT2D eigenvalue weighted by Gasteiger charge is 2.37. The molecule has 0 bridgehead atoms.